The summed E-state index contributed by atoms with van der Waals surface area (Å²) in [6.07, 6.45) is -1.02. The average molecular weight is 258 g/mol. The summed E-state index contributed by atoms with van der Waals surface area (Å²) in [5, 5.41) is 20.9. The van der Waals surface area contributed by atoms with Gasteiger partial charge >= 0.3 is 0 Å². The van der Waals surface area contributed by atoms with Crippen LogP contribution in [0.4, 0.5) is 0 Å². The van der Waals surface area contributed by atoms with E-state index in [9.17, 15) is 15.2 Å². The molecule has 0 saturated heterocycles. The number of fused-ring (bicyclic) bond motifs is 1. The predicted octanol–water partition coefficient (Wildman–Crippen LogP) is 2.05. The van der Waals surface area contributed by atoms with E-state index in [1.807, 2.05) is 0 Å². The second kappa shape index (κ2) is 4.50. The van der Waals surface area contributed by atoms with Crippen molar-refractivity contribution in [3.05, 3.63) is 38.9 Å². The summed E-state index contributed by atoms with van der Waals surface area (Å²) in [7, 11) is 0. The summed E-state index contributed by atoms with van der Waals surface area (Å²) in [6.45, 7) is 1.48. The van der Waals surface area contributed by atoms with Gasteiger partial charge in [0.2, 0.25) is 12.8 Å². The number of hydrogen-bond donors (Lipinski definition) is 1. The zero-order chi connectivity index (χ0) is 12.6. The fourth-order valence-corrected chi connectivity index (χ4v) is 2.24. The smallest absolute Gasteiger partial charge is 0.211 e. The van der Waals surface area contributed by atoms with E-state index >= 15 is 0 Å². The van der Waals surface area contributed by atoms with Crippen molar-refractivity contribution >= 4 is 11.6 Å². The van der Waals surface area contributed by atoms with Crippen LogP contribution in [0.2, 0.25) is 5.02 Å². The Balaban J connectivity index is 2.42. The molecule has 0 spiro atoms. The number of benzene rings is 1. The van der Waals surface area contributed by atoms with Gasteiger partial charge in [-0.1, -0.05) is 18.5 Å². The quantitative estimate of drug-likeness (QED) is 0.650. The number of nitrogens with zero attached hydrogens (tertiary/aromatic N) is 1. The predicted molar refractivity (Wildman–Crippen MR) is 61.9 cm³/mol. The van der Waals surface area contributed by atoms with Crippen LogP contribution in [0.25, 0.3) is 0 Å². The minimum atomic E-state index is -1.02. The summed E-state index contributed by atoms with van der Waals surface area (Å²) < 4.78 is 5.29. The van der Waals surface area contributed by atoms with Gasteiger partial charge in [0, 0.05) is 21.4 Å². The Kier molecular flexibility index (Phi) is 3.22. The van der Waals surface area contributed by atoms with Crippen LogP contribution in [0.5, 0.6) is 5.75 Å². The Bertz CT molecular complexity index is 451. The number of aliphatic hydroxyl groups excluding tert-OH is 1. The number of ether oxygens (including phenoxy) is 1. The van der Waals surface area contributed by atoms with E-state index < -0.39 is 6.29 Å². The Morgan fingerprint density at radius 2 is 2.29 bits per heavy atom. The topological polar surface area (TPSA) is 72.6 Å². The highest BCUT2D eigenvalue weighted by atomic mass is 35.5. The van der Waals surface area contributed by atoms with Crippen molar-refractivity contribution in [3.63, 3.8) is 0 Å². The molecule has 1 unspecified atom stereocenters. The largest absolute Gasteiger partial charge is 0.465 e. The van der Waals surface area contributed by atoms with E-state index in [1.54, 1.807) is 25.1 Å². The summed E-state index contributed by atoms with van der Waals surface area (Å²) >= 11 is 5.87. The molecular weight excluding hydrogens is 246 g/mol. The van der Waals surface area contributed by atoms with Crippen LogP contribution in [0.15, 0.2) is 18.2 Å². The fraction of sp³-hybridized carbons (Fsp3) is 0.455. The molecule has 92 valence electrons. The fourth-order valence-electron chi connectivity index (χ4n) is 2.06. The molecular formula is C11H12ClNO4. The first-order valence-electron chi connectivity index (χ1n) is 5.25. The molecule has 1 aliphatic heterocycles. The summed E-state index contributed by atoms with van der Waals surface area (Å²) in [6, 6.07) is 4.92. The van der Waals surface area contributed by atoms with Crippen LogP contribution >= 0.6 is 11.6 Å². The van der Waals surface area contributed by atoms with Gasteiger partial charge in [-0.15, -0.1) is 0 Å². The molecule has 0 amide bonds. The Labute approximate surface area is 103 Å². The van der Waals surface area contributed by atoms with Gasteiger partial charge in [0.1, 0.15) is 5.75 Å². The standard InChI is InChI=1S/C11H12ClNO4/c1-6-9(5-13(15)16)8-4-7(12)2-3-10(8)17-11(6)14/h2-4,6,9,11,14H,5H2,1H3/t6-,9+,11?/m0/s1. The molecule has 6 heteroatoms. The molecule has 3 atom stereocenters. The van der Waals surface area contributed by atoms with Crippen molar-refractivity contribution < 1.29 is 14.8 Å². The highest BCUT2D eigenvalue weighted by Gasteiger charge is 2.37. The highest BCUT2D eigenvalue weighted by Crippen LogP contribution is 2.40. The van der Waals surface area contributed by atoms with Gasteiger partial charge in [0.05, 0.1) is 5.92 Å². The lowest BCUT2D eigenvalue weighted by molar-refractivity contribution is -0.486. The number of rotatable bonds is 2. The monoisotopic (exact) mass is 257 g/mol. The molecule has 0 bridgehead atoms. The number of halogens is 1. The third-order valence-electron chi connectivity index (χ3n) is 3.05. The average Bonchev–Trinajstić information content (AvgIpc) is 2.25. The van der Waals surface area contributed by atoms with Crippen molar-refractivity contribution in [1.29, 1.82) is 0 Å². The first kappa shape index (κ1) is 12.1. The first-order chi connectivity index (χ1) is 7.99. The maximum absolute atomic E-state index is 10.7. The van der Waals surface area contributed by atoms with Crippen molar-refractivity contribution in [2.75, 3.05) is 6.54 Å². The Morgan fingerprint density at radius 3 is 2.94 bits per heavy atom. The lowest BCUT2D eigenvalue weighted by atomic mass is 9.84. The molecule has 1 heterocycles. The maximum atomic E-state index is 10.7. The van der Waals surface area contributed by atoms with Crippen LogP contribution in [0.3, 0.4) is 0 Å². The Hall–Kier alpha value is -1.33. The van der Waals surface area contributed by atoms with Gasteiger partial charge in [-0.25, -0.2) is 0 Å². The molecule has 1 aromatic rings. The van der Waals surface area contributed by atoms with Crippen LogP contribution < -0.4 is 4.74 Å². The molecule has 0 saturated carbocycles. The van der Waals surface area contributed by atoms with Crippen molar-refractivity contribution in [1.82, 2.24) is 0 Å². The number of nitro groups is 1. The molecule has 0 fully saturated rings. The third-order valence-corrected chi connectivity index (χ3v) is 3.28. The van der Waals surface area contributed by atoms with Crippen LogP contribution in [0.1, 0.15) is 18.4 Å². The van der Waals surface area contributed by atoms with Crippen LogP contribution in [0, 0.1) is 16.0 Å². The molecule has 5 nitrogen and oxygen atoms in total. The van der Waals surface area contributed by atoms with E-state index in [4.69, 9.17) is 16.3 Å². The molecule has 0 aliphatic carbocycles. The maximum Gasteiger partial charge on any atom is 0.211 e. The van der Waals surface area contributed by atoms with E-state index in [2.05, 4.69) is 0 Å². The lowest BCUT2D eigenvalue weighted by Crippen LogP contribution is -2.36. The summed E-state index contributed by atoms with van der Waals surface area (Å²) in [4.78, 5) is 10.3. The van der Waals surface area contributed by atoms with Gasteiger partial charge in [0.15, 0.2) is 0 Å². The van der Waals surface area contributed by atoms with Gasteiger partial charge in [0.25, 0.3) is 0 Å². The third kappa shape index (κ3) is 2.35. The number of hydrogen-bond acceptors (Lipinski definition) is 4. The van der Waals surface area contributed by atoms with Crippen molar-refractivity contribution in [2.45, 2.75) is 19.1 Å². The molecule has 2 rings (SSSR count). The van der Waals surface area contributed by atoms with E-state index in [0.717, 1.165) is 0 Å². The lowest BCUT2D eigenvalue weighted by Gasteiger charge is -2.33. The van der Waals surface area contributed by atoms with Crippen molar-refractivity contribution in [3.8, 4) is 5.75 Å². The van der Waals surface area contributed by atoms with Gasteiger partial charge in [-0.3, -0.25) is 10.1 Å². The SMILES string of the molecule is C[C@@H]1C(O)Oc2ccc(Cl)cc2[C@@H]1C[N+](=O)[O-]. The molecule has 1 N–H and O–H groups in total. The van der Waals surface area contributed by atoms with E-state index in [-0.39, 0.29) is 23.3 Å². The minimum Gasteiger partial charge on any atom is -0.465 e. The molecule has 1 aliphatic rings. The van der Waals surface area contributed by atoms with Gasteiger partial charge in [-0.05, 0) is 18.2 Å². The van der Waals surface area contributed by atoms with Gasteiger partial charge in [-0.2, -0.15) is 0 Å². The molecule has 0 radical (unpaired) electrons. The summed E-state index contributed by atoms with van der Waals surface area (Å²) in [5.74, 6) is -0.263. The molecule has 17 heavy (non-hydrogen) atoms. The van der Waals surface area contributed by atoms with E-state index in [0.29, 0.717) is 16.3 Å². The first-order valence-corrected chi connectivity index (χ1v) is 5.63. The molecule has 0 aromatic heterocycles. The van der Waals surface area contributed by atoms with Crippen molar-refractivity contribution in [2.24, 2.45) is 5.92 Å². The van der Waals surface area contributed by atoms with Crippen LogP contribution in [-0.4, -0.2) is 22.9 Å². The van der Waals surface area contributed by atoms with E-state index in [1.165, 1.54) is 0 Å². The molecule has 1 aromatic carbocycles. The second-order valence-corrected chi connectivity index (χ2v) is 4.61. The highest BCUT2D eigenvalue weighted by molar-refractivity contribution is 6.30. The second-order valence-electron chi connectivity index (χ2n) is 4.17. The van der Waals surface area contributed by atoms with Gasteiger partial charge < -0.3 is 9.84 Å². The zero-order valence-electron chi connectivity index (χ0n) is 9.17. The number of aliphatic hydroxyl groups is 1. The van der Waals surface area contributed by atoms with Crippen LogP contribution in [-0.2, 0) is 0 Å². The summed E-state index contributed by atoms with van der Waals surface area (Å²) in [5.41, 5.74) is 0.687. The minimum absolute atomic E-state index is 0.241. The Morgan fingerprint density at radius 1 is 1.59 bits per heavy atom. The normalized spacial score (nSPS) is 27.1. The zero-order valence-corrected chi connectivity index (χ0v) is 9.92.